The van der Waals surface area contributed by atoms with Crippen LogP contribution in [0.15, 0.2) is 18.3 Å². The third-order valence-electron chi connectivity index (χ3n) is 3.39. The number of rotatable bonds is 1. The molecule has 0 aromatic carbocycles. The smallest absolute Gasteiger partial charge is 0.126 e. The van der Waals surface area contributed by atoms with E-state index in [4.69, 9.17) is 11.5 Å². The molecule has 0 spiro atoms. The molecule has 1 aliphatic rings. The summed E-state index contributed by atoms with van der Waals surface area (Å²) in [6.45, 7) is 2.20. The Morgan fingerprint density at radius 3 is 2.79 bits per heavy atom. The zero-order valence-electron chi connectivity index (χ0n) is 8.48. The monoisotopic (exact) mass is 191 g/mol. The molecule has 3 nitrogen and oxygen atoms in total. The van der Waals surface area contributed by atoms with Gasteiger partial charge < -0.3 is 11.5 Å². The van der Waals surface area contributed by atoms with E-state index in [1.807, 2.05) is 6.07 Å². The van der Waals surface area contributed by atoms with E-state index in [1.165, 1.54) is 5.56 Å². The summed E-state index contributed by atoms with van der Waals surface area (Å²) < 4.78 is 0. The third-order valence-corrected chi connectivity index (χ3v) is 3.39. The van der Waals surface area contributed by atoms with Gasteiger partial charge in [0.1, 0.15) is 5.82 Å². The SMILES string of the molecule is CC1C(N)CCC1c1cccnc1N. The van der Waals surface area contributed by atoms with Crippen molar-refractivity contribution in [2.24, 2.45) is 11.7 Å². The fourth-order valence-corrected chi connectivity index (χ4v) is 2.38. The molecule has 2 rings (SSSR count). The Labute approximate surface area is 84.5 Å². The molecule has 0 bridgehead atoms. The van der Waals surface area contributed by atoms with Crippen LogP contribution in [0.5, 0.6) is 0 Å². The molecule has 4 N–H and O–H groups in total. The first-order valence-corrected chi connectivity index (χ1v) is 5.16. The number of aromatic nitrogens is 1. The number of anilines is 1. The summed E-state index contributed by atoms with van der Waals surface area (Å²) in [6.07, 6.45) is 3.97. The van der Waals surface area contributed by atoms with Crippen molar-refractivity contribution in [2.75, 3.05) is 5.73 Å². The molecule has 1 saturated carbocycles. The molecule has 14 heavy (non-hydrogen) atoms. The van der Waals surface area contributed by atoms with E-state index in [9.17, 15) is 0 Å². The fraction of sp³-hybridized carbons (Fsp3) is 0.545. The Kier molecular flexibility index (Phi) is 2.42. The maximum absolute atomic E-state index is 5.99. The van der Waals surface area contributed by atoms with Crippen LogP contribution < -0.4 is 11.5 Å². The summed E-state index contributed by atoms with van der Waals surface area (Å²) in [5.74, 6) is 1.68. The second-order valence-electron chi connectivity index (χ2n) is 4.18. The fourth-order valence-electron chi connectivity index (χ4n) is 2.38. The van der Waals surface area contributed by atoms with Crippen LogP contribution >= 0.6 is 0 Å². The largest absolute Gasteiger partial charge is 0.383 e. The first-order chi connectivity index (χ1) is 6.70. The highest BCUT2D eigenvalue weighted by molar-refractivity contribution is 5.42. The summed E-state index contributed by atoms with van der Waals surface area (Å²) in [6, 6.07) is 4.34. The molecular formula is C11H17N3. The van der Waals surface area contributed by atoms with Gasteiger partial charge in [0, 0.05) is 12.2 Å². The van der Waals surface area contributed by atoms with Gasteiger partial charge in [-0.1, -0.05) is 13.0 Å². The molecular weight excluding hydrogens is 174 g/mol. The van der Waals surface area contributed by atoms with Crippen molar-refractivity contribution in [1.82, 2.24) is 4.98 Å². The minimum Gasteiger partial charge on any atom is -0.383 e. The maximum Gasteiger partial charge on any atom is 0.126 e. The highest BCUT2D eigenvalue weighted by atomic mass is 14.8. The summed E-state index contributed by atoms with van der Waals surface area (Å²) in [7, 11) is 0. The van der Waals surface area contributed by atoms with Gasteiger partial charge in [0.15, 0.2) is 0 Å². The van der Waals surface area contributed by atoms with E-state index in [-0.39, 0.29) is 0 Å². The van der Waals surface area contributed by atoms with Crippen LogP contribution in [-0.2, 0) is 0 Å². The number of nitrogen functional groups attached to an aromatic ring is 1. The minimum absolute atomic E-state index is 0.319. The Balaban J connectivity index is 2.28. The second-order valence-corrected chi connectivity index (χ2v) is 4.18. The standard InChI is InChI=1S/C11H17N3/c1-7-8(4-5-10(7)12)9-3-2-6-14-11(9)13/h2-3,6-8,10H,4-5,12H2,1H3,(H2,13,14). The molecule has 3 heteroatoms. The van der Waals surface area contributed by atoms with Gasteiger partial charge in [-0.15, -0.1) is 0 Å². The van der Waals surface area contributed by atoms with Crippen LogP contribution in [0.4, 0.5) is 5.82 Å². The van der Waals surface area contributed by atoms with Crippen LogP contribution in [0.1, 0.15) is 31.2 Å². The molecule has 1 aromatic rings. The molecule has 3 unspecified atom stereocenters. The van der Waals surface area contributed by atoms with Crippen LogP contribution in [0.25, 0.3) is 0 Å². The number of nitrogens with two attached hydrogens (primary N) is 2. The van der Waals surface area contributed by atoms with Crippen LogP contribution in [0.2, 0.25) is 0 Å². The Hall–Kier alpha value is -1.09. The van der Waals surface area contributed by atoms with Crippen molar-refractivity contribution in [3.05, 3.63) is 23.9 Å². The highest BCUT2D eigenvalue weighted by Gasteiger charge is 2.32. The second kappa shape index (κ2) is 3.58. The van der Waals surface area contributed by atoms with Gasteiger partial charge in [-0.3, -0.25) is 0 Å². The topological polar surface area (TPSA) is 64.9 Å². The molecule has 76 valence electrons. The zero-order chi connectivity index (χ0) is 10.1. The average molecular weight is 191 g/mol. The van der Waals surface area contributed by atoms with Gasteiger partial charge in [-0.05, 0) is 36.3 Å². The lowest BCUT2D eigenvalue weighted by Crippen LogP contribution is -2.24. The average Bonchev–Trinajstić information content (AvgIpc) is 2.49. The Bertz CT molecular complexity index is 324. The van der Waals surface area contributed by atoms with E-state index in [2.05, 4.69) is 18.0 Å². The van der Waals surface area contributed by atoms with Gasteiger partial charge in [0.25, 0.3) is 0 Å². The Morgan fingerprint density at radius 2 is 2.21 bits per heavy atom. The molecule has 1 aliphatic carbocycles. The van der Waals surface area contributed by atoms with Gasteiger partial charge >= 0.3 is 0 Å². The van der Waals surface area contributed by atoms with E-state index in [0.29, 0.717) is 23.7 Å². The molecule has 0 radical (unpaired) electrons. The van der Waals surface area contributed by atoms with Crippen molar-refractivity contribution in [3.63, 3.8) is 0 Å². The van der Waals surface area contributed by atoms with E-state index in [1.54, 1.807) is 6.20 Å². The number of nitrogens with zero attached hydrogens (tertiary/aromatic N) is 1. The molecule has 1 heterocycles. The van der Waals surface area contributed by atoms with E-state index >= 15 is 0 Å². The van der Waals surface area contributed by atoms with Crippen molar-refractivity contribution in [2.45, 2.75) is 31.7 Å². The van der Waals surface area contributed by atoms with E-state index < -0.39 is 0 Å². The molecule has 0 aliphatic heterocycles. The zero-order valence-corrected chi connectivity index (χ0v) is 8.48. The maximum atomic E-state index is 5.99. The highest BCUT2D eigenvalue weighted by Crippen LogP contribution is 2.39. The molecule has 3 atom stereocenters. The lowest BCUT2D eigenvalue weighted by atomic mass is 9.89. The summed E-state index contributed by atoms with van der Waals surface area (Å²) in [5.41, 5.74) is 13.0. The normalized spacial score (nSPS) is 32.0. The first kappa shape index (κ1) is 9.46. The third kappa shape index (κ3) is 1.48. The lowest BCUT2D eigenvalue weighted by Gasteiger charge is -2.19. The van der Waals surface area contributed by atoms with Crippen LogP contribution in [0.3, 0.4) is 0 Å². The number of hydrogen-bond acceptors (Lipinski definition) is 3. The van der Waals surface area contributed by atoms with Gasteiger partial charge in [0.2, 0.25) is 0 Å². The predicted octanol–water partition coefficient (Wildman–Crippen LogP) is 1.50. The first-order valence-electron chi connectivity index (χ1n) is 5.16. The quantitative estimate of drug-likeness (QED) is 0.707. The van der Waals surface area contributed by atoms with Crippen molar-refractivity contribution >= 4 is 5.82 Å². The lowest BCUT2D eigenvalue weighted by molar-refractivity contribution is 0.479. The van der Waals surface area contributed by atoms with Gasteiger partial charge in [0.05, 0.1) is 0 Å². The van der Waals surface area contributed by atoms with Crippen molar-refractivity contribution < 1.29 is 0 Å². The molecule has 1 aromatic heterocycles. The predicted molar refractivity (Wildman–Crippen MR) is 57.8 cm³/mol. The van der Waals surface area contributed by atoms with Gasteiger partial charge in [-0.25, -0.2) is 4.98 Å². The molecule has 0 saturated heterocycles. The Morgan fingerprint density at radius 1 is 1.43 bits per heavy atom. The number of hydrogen-bond donors (Lipinski definition) is 2. The number of pyridine rings is 1. The van der Waals surface area contributed by atoms with Gasteiger partial charge in [-0.2, -0.15) is 0 Å². The van der Waals surface area contributed by atoms with Crippen LogP contribution in [0, 0.1) is 5.92 Å². The van der Waals surface area contributed by atoms with Crippen molar-refractivity contribution in [1.29, 1.82) is 0 Å². The summed E-state index contributed by atoms with van der Waals surface area (Å²) in [4.78, 5) is 4.12. The molecule has 0 amide bonds. The van der Waals surface area contributed by atoms with E-state index in [0.717, 1.165) is 12.8 Å². The minimum atomic E-state index is 0.319. The van der Waals surface area contributed by atoms with Crippen molar-refractivity contribution in [3.8, 4) is 0 Å². The summed E-state index contributed by atoms with van der Waals surface area (Å²) in [5, 5.41) is 0. The summed E-state index contributed by atoms with van der Waals surface area (Å²) >= 11 is 0. The van der Waals surface area contributed by atoms with Crippen LogP contribution in [-0.4, -0.2) is 11.0 Å². The molecule has 1 fully saturated rings.